The van der Waals surface area contributed by atoms with Crippen molar-refractivity contribution in [2.45, 2.75) is 0 Å². The molecule has 0 aromatic heterocycles. The zero-order valence-corrected chi connectivity index (χ0v) is 18.3. The highest BCUT2D eigenvalue weighted by Gasteiger charge is 2.41. The molecule has 5 rings (SSSR count). The fourth-order valence-corrected chi connectivity index (χ4v) is 4.14. The van der Waals surface area contributed by atoms with Crippen LogP contribution in [-0.2, 0) is 9.59 Å². The van der Waals surface area contributed by atoms with Crippen molar-refractivity contribution in [2.75, 3.05) is 17.3 Å². The monoisotopic (exact) mass is 445 g/mol. The topological polar surface area (TPSA) is 82.4 Å². The van der Waals surface area contributed by atoms with Crippen LogP contribution in [0.2, 0.25) is 0 Å². The van der Waals surface area contributed by atoms with Crippen LogP contribution in [0.15, 0.2) is 96.7 Å². The van der Waals surface area contributed by atoms with Gasteiger partial charge < -0.3 is 10.1 Å². The molecule has 6 nitrogen and oxygen atoms in total. The highest BCUT2D eigenvalue weighted by Crippen LogP contribution is 2.38. The second-order valence-electron chi connectivity index (χ2n) is 7.71. The normalized spacial score (nSPS) is 13.4. The Morgan fingerprint density at radius 2 is 1.53 bits per heavy atom. The van der Waals surface area contributed by atoms with Crippen molar-refractivity contribution in [3.05, 3.63) is 108 Å². The van der Waals surface area contributed by atoms with Gasteiger partial charge in [-0.15, -0.1) is 0 Å². The number of hydrogen-bond acceptors (Lipinski definition) is 5. The summed E-state index contributed by atoms with van der Waals surface area (Å²) < 4.78 is 5.50. The Kier molecular flexibility index (Phi) is 5.29. The van der Waals surface area contributed by atoms with Gasteiger partial charge in [0.25, 0.3) is 11.8 Å². The number of ether oxygens (including phenoxy) is 1. The van der Waals surface area contributed by atoms with Gasteiger partial charge in [0.05, 0.1) is 30.0 Å². The first kappa shape index (κ1) is 21.0. The maximum absolute atomic E-state index is 13.7. The summed E-state index contributed by atoms with van der Waals surface area (Å²) in [6.07, 6.45) is 0. The summed E-state index contributed by atoms with van der Waals surface area (Å²) in [5.74, 6) is -0.469. The molecule has 0 fully saturated rings. The Morgan fingerprint density at radius 3 is 2.29 bits per heavy atom. The molecule has 0 bridgehead atoms. The van der Waals surface area contributed by atoms with Gasteiger partial charge in [-0.2, -0.15) is 5.26 Å². The molecule has 0 radical (unpaired) electrons. The van der Waals surface area contributed by atoms with Crippen molar-refractivity contribution >= 4 is 39.5 Å². The SMILES string of the molecule is COc1ccccc1C1=C(Nc2cccc3ccccc23)C(=O)N(c2ccc(C#N)cc2)C1=O. The van der Waals surface area contributed by atoms with E-state index in [2.05, 4.69) is 5.32 Å². The van der Waals surface area contributed by atoms with Crippen molar-refractivity contribution < 1.29 is 14.3 Å². The van der Waals surface area contributed by atoms with Crippen LogP contribution in [0.1, 0.15) is 11.1 Å². The number of para-hydroxylation sites is 1. The van der Waals surface area contributed by atoms with Crippen molar-refractivity contribution in [2.24, 2.45) is 0 Å². The van der Waals surface area contributed by atoms with Crippen molar-refractivity contribution in [1.82, 2.24) is 0 Å². The van der Waals surface area contributed by atoms with Gasteiger partial charge in [0, 0.05) is 16.6 Å². The lowest BCUT2D eigenvalue weighted by molar-refractivity contribution is -0.120. The fraction of sp³-hybridized carbons (Fsp3) is 0.0357. The summed E-state index contributed by atoms with van der Waals surface area (Å²) in [4.78, 5) is 28.5. The molecule has 0 unspecified atom stereocenters. The largest absolute Gasteiger partial charge is 0.496 e. The molecule has 164 valence electrons. The van der Waals surface area contributed by atoms with E-state index in [9.17, 15) is 9.59 Å². The van der Waals surface area contributed by atoms with Gasteiger partial charge in [-0.05, 0) is 41.8 Å². The number of anilines is 2. The van der Waals surface area contributed by atoms with Gasteiger partial charge in [0.2, 0.25) is 0 Å². The van der Waals surface area contributed by atoms with E-state index >= 15 is 0 Å². The molecule has 0 saturated carbocycles. The van der Waals surface area contributed by atoms with E-state index < -0.39 is 11.8 Å². The van der Waals surface area contributed by atoms with E-state index in [1.807, 2.05) is 48.5 Å². The molecule has 4 aromatic carbocycles. The predicted octanol–water partition coefficient (Wildman–Crippen LogP) is 5.12. The average molecular weight is 445 g/mol. The summed E-state index contributed by atoms with van der Waals surface area (Å²) in [6.45, 7) is 0. The molecule has 2 amide bonds. The number of imide groups is 1. The summed E-state index contributed by atoms with van der Waals surface area (Å²) in [5, 5.41) is 14.3. The number of benzene rings is 4. The number of hydrogen-bond donors (Lipinski definition) is 1. The van der Waals surface area contributed by atoms with Crippen LogP contribution in [0.25, 0.3) is 16.3 Å². The summed E-state index contributed by atoms with van der Waals surface area (Å²) in [5.41, 5.74) is 2.44. The van der Waals surface area contributed by atoms with E-state index in [1.165, 1.54) is 7.11 Å². The van der Waals surface area contributed by atoms with Crippen LogP contribution in [0, 0.1) is 11.3 Å². The van der Waals surface area contributed by atoms with Crippen LogP contribution in [0.4, 0.5) is 11.4 Å². The first-order chi connectivity index (χ1) is 16.6. The first-order valence-electron chi connectivity index (χ1n) is 10.6. The molecule has 0 atom stereocenters. The average Bonchev–Trinajstić information content (AvgIpc) is 3.13. The number of nitrogens with zero attached hydrogens (tertiary/aromatic N) is 2. The van der Waals surface area contributed by atoms with Crippen LogP contribution >= 0.6 is 0 Å². The van der Waals surface area contributed by atoms with Gasteiger partial charge in [0.15, 0.2) is 0 Å². The first-order valence-corrected chi connectivity index (χ1v) is 10.6. The Balaban J connectivity index is 1.68. The Bertz CT molecular complexity index is 1510. The lowest BCUT2D eigenvalue weighted by atomic mass is 10.0. The minimum absolute atomic E-state index is 0.162. The lowest BCUT2D eigenvalue weighted by Crippen LogP contribution is -2.32. The van der Waals surface area contributed by atoms with Crippen molar-refractivity contribution in [3.63, 3.8) is 0 Å². The maximum atomic E-state index is 13.7. The number of carbonyl (C=O) groups excluding carboxylic acids is 2. The second-order valence-corrected chi connectivity index (χ2v) is 7.71. The lowest BCUT2D eigenvalue weighted by Gasteiger charge is -2.16. The molecule has 1 aliphatic heterocycles. The third-order valence-electron chi connectivity index (χ3n) is 5.76. The third-order valence-corrected chi connectivity index (χ3v) is 5.76. The third kappa shape index (κ3) is 3.46. The molecule has 1 aliphatic rings. The van der Waals surface area contributed by atoms with Crippen LogP contribution in [0.5, 0.6) is 5.75 Å². The minimum atomic E-state index is -0.483. The van der Waals surface area contributed by atoms with E-state index in [-0.39, 0.29) is 11.3 Å². The quantitative estimate of drug-likeness (QED) is 0.431. The Labute approximate surface area is 196 Å². The van der Waals surface area contributed by atoms with Gasteiger partial charge in [-0.3, -0.25) is 9.59 Å². The predicted molar refractivity (Wildman–Crippen MR) is 131 cm³/mol. The van der Waals surface area contributed by atoms with Crippen LogP contribution in [-0.4, -0.2) is 18.9 Å². The smallest absolute Gasteiger partial charge is 0.282 e. The maximum Gasteiger partial charge on any atom is 0.282 e. The number of rotatable bonds is 5. The zero-order valence-electron chi connectivity index (χ0n) is 18.3. The van der Waals surface area contributed by atoms with E-state index in [0.717, 1.165) is 15.7 Å². The van der Waals surface area contributed by atoms with E-state index in [1.54, 1.807) is 48.5 Å². The summed E-state index contributed by atoms with van der Waals surface area (Å²) in [7, 11) is 1.52. The van der Waals surface area contributed by atoms with Gasteiger partial charge in [0.1, 0.15) is 11.4 Å². The number of methoxy groups -OCH3 is 1. The molecule has 1 N–H and O–H groups in total. The van der Waals surface area contributed by atoms with Crippen LogP contribution in [0.3, 0.4) is 0 Å². The number of carbonyl (C=O) groups is 2. The second kappa shape index (κ2) is 8.57. The molecule has 0 saturated heterocycles. The minimum Gasteiger partial charge on any atom is -0.496 e. The number of nitrogens with one attached hydrogen (secondary N) is 1. The van der Waals surface area contributed by atoms with Crippen LogP contribution < -0.4 is 15.0 Å². The number of nitriles is 1. The molecular formula is C28H19N3O3. The number of amides is 2. The highest BCUT2D eigenvalue weighted by atomic mass is 16.5. The van der Waals surface area contributed by atoms with Gasteiger partial charge >= 0.3 is 0 Å². The van der Waals surface area contributed by atoms with Crippen molar-refractivity contribution in [1.29, 1.82) is 5.26 Å². The molecule has 0 aliphatic carbocycles. The molecular weight excluding hydrogens is 426 g/mol. The molecule has 1 heterocycles. The van der Waals surface area contributed by atoms with E-state index in [0.29, 0.717) is 28.3 Å². The van der Waals surface area contributed by atoms with Crippen molar-refractivity contribution in [3.8, 4) is 11.8 Å². The Hall–Kier alpha value is -4.89. The summed E-state index contributed by atoms with van der Waals surface area (Å²) >= 11 is 0. The fourth-order valence-electron chi connectivity index (χ4n) is 4.14. The molecule has 0 spiro atoms. The standard InChI is InChI=1S/C28H19N3O3/c1-34-24-12-5-4-10-22(24)25-26(30-23-11-6-8-19-7-2-3-9-21(19)23)28(33)31(27(25)32)20-15-13-18(17-29)14-16-20/h2-16,30H,1H3. The Morgan fingerprint density at radius 1 is 0.824 bits per heavy atom. The summed E-state index contributed by atoms with van der Waals surface area (Å²) in [6, 6.07) is 29.1. The molecule has 34 heavy (non-hydrogen) atoms. The highest BCUT2D eigenvalue weighted by molar-refractivity contribution is 6.46. The molecule has 4 aromatic rings. The van der Waals surface area contributed by atoms with Gasteiger partial charge in [-0.1, -0.05) is 54.6 Å². The number of fused-ring (bicyclic) bond motifs is 1. The van der Waals surface area contributed by atoms with Gasteiger partial charge in [-0.25, -0.2) is 4.90 Å². The molecule has 6 heteroatoms. The van der Waals surface area contributed by atoms with E-state index in [4.69, 9.17) is 10.00 Å². The zero-order chi connectivity index (χ0) is 23.7.